The first kappa shape index (κ1) is 24.9. The standard InChI is InChI=1S/C28H32N4O4/c1-19-6-9-22(10-7-19)29-27(33)30-25-14-20(2)8-11-26(25)32-13-5-12-31(28(32)34)18-21-15-23(35-3)17-24(16-21)36-4/h6-11,14-17H,5,12-13,18H2,1-4H3,(H2,29,30,33). The van der Waals surface area contributed by atoms with Gasteiger partial charge in [0.15, 0.2) is 0 Å². The summed E-state index contributed by atoms with van der Waals surface area (Å²) in [6, 6.07) is 18.4. The number of carbonyl (C=O) groups is 2. The first-order valence-electron chi connectivity index (χ1n) is 11.9. The van der Waals surface area contributed by atoms with Crippen LogP contribution in [0, 0.1) is 13.8 Å². The highest BCUT2D eigenvalue weighted by molar-refractivity contribution is 6.04. The van der Waals surface area contributed by atoms with Crippen molar-refractivity contribution in [3.63, 3.8) is 0 Å². The van der Waals surface area contributed by atoms with Gasteiger partial charge in [-0.25, -0.2) is 9.59 Å². The van der Waals surface area contributed by atoms with Crippen LogP contribution in [0.1, 0.15) is 23.1 Å². The second-order valence-corrected chi connectivity index (χ2v) is 8.90. The minimum atomic E-state index is -0.365. The molecule has 0 aliphatic carbocycles. The predicted molar refractivity (Wildman–Crippen MR) is 142 cm³/mol. The van der Waals surface area contributed by atoms with Gasteiger partial charge in [-0.3, -0.25) is 4.90 Å². The maximum atomic E-state index is 13.5. The molecule has 1 aliphatic heterocycles. The molecule has 0 bridgehead atoms. The Labute approximate surface area is 211 Å². The Kier molecular flexibility index (Phi) is 7.63. The smallest absolute Gasteiger partial charge is 0.324 e. The van der Waals surface area contributed by atoms with Crippen molar-refractivity contribution in [2.75, 3.05) is 42.8 Å². The van der Waals surface area contributed by atoms with E-state index in [4.69, 9.17) is 9.47 Å². The summed E-state index contributed by atoms with van der Waals surface area (Å²) in [5.74, 6) is 1.35. The van der Waals surface area contributed by atoms with Crippen molar-refractivity contribution >= 4 is 29.1 Å². The molecule has 36 heavy (non-hydrogen) atoms. The summed E-state index contributed by atoms with van der Waals surface area (Å²) in [7, 11) is 3.21. The number of urea groups is 2. The number of benzene rings is 3. The van der Waals surface area contributed by atoms with Gasteiger partial charge in [0, 0.05) is 31.4 Å². The molecule has 4 amide bonds. The number of hydrogen-bond donors (Lipinski definition) is 2. The molecule has 1 fully saturated rings. The van der Waals surface area contributed by atoms with Crippen molar-refractivity contribution in [2.24, 2.45) is 0 Å². The number of carbonyl (C=O) groups excluding carboxylic acids is 2. The van der Waals surface area contributed by atoms with E-state index in [2.05, 4.69) is 10.6 Å². The fourth-order valence-electron chi connectivity index (χ4n) is 4.24. The number of nitrogens with one attached hydrogen (secondary N) is 2. The van der Waals surface area contributed by atoms with Gasteiger partial charge in [-0.15, -0.1) is 0 Å². The van der Waals surface area contributed by atoms with Crippen molar-refractivity contribution in [1.29, 1.82) is 0 Å². The average Bonchev–Trinajstić information content (AvgIpc) is 2.87. The maximum Gasteiger partial charge on any atom is 0.324 e. The Hall–Kier alpha value is -4.20. The van der Waals surface area contributed by atoms with Crippen molar-refractivity contribution in [2.45, 2.75) is 26.8 Å². The maximum absolute atomic E-state index is 13.5. The predicted octanol–water partition coefficient (Wildman–Crippen LogP) is 5.80. The first-order chi connectivity index (χ1) is 17.4. The third kappa shape index (κ3) is 5.89. The van der Waals surface area contributed by atoms with E-state index in [9.17, 15) is 9.59 Å². The zero-order valence-electron chi connectivity index (χ0n) is 21.1. The molecule has 1 aliphatic rings. The fraction of sp³-hybridized carbons (Fsp3) is 0.286. The van der Waals surface area contributed by atoms with Gasteiger partial charge in [0.1, 0.15) is 11.5 Å². The Bertz CT molecular complexity index is 1220. The Morgan fingerprint density at radius 1 is 0.861 bits per heavy atom. The molecule has 8 nitrogen and oxygen atoms in total. The largest absolute Gasteiger partial charge is 0.497 e. The van der Waals surface area contributed by atoms with Crippen molar-refractivity contribution < 1.29 is 19.1 Å². The molecule has 1 saturated heterocycles. The number of nitrogens with zero attached hydrogens (tertiary/aromatic N) is 2. The van der Waals surface area contributed by atoms with E-state index < -0.39 is 0 Å². The third-order valence-electron chi connectivity index (χ3n) is 6.10. The highest BCUT2D eigenvalue weighted by Gasteiger charge is 2.29. The molecule has 1 heterocycles. The van der Waals surface area contributed by atoms with Crippen molar-refractivity contribution in [3.05, 3.63) is 77.4 Å². The normalized spacial score (nSPS) is 13.4. The number of ether oxygens (including phenoxy) is 2. The zero-order chi connectivity index (χ0) is 25.7. The minimum Gasteiger partial charge on any atom is -0.497 e. The van der Waals surface area contributed by atoms with E-state index in [0.717, 1.165) is 23.1 Å². The van der Waals surface area contributed by atoms with E-state index in [1.165, 1.54) is 0 Å². The Balaban J connectivity index is 1.53. The molecular weight excluding hydrogens is 456 g/mol. The quantitative estimate of drug-likeness (QED) is 0.441. The lowest BCUT2D eigenvalue weighted by molar-refractivity contribution is 0.192. The lowest BCUT2D eigenvalue weighted by Gasteiger charge is -2.36. The topological polar surface area (TPSA) is 83.1 Å². The third-order valence-corrected chi connectivity index (χ3v) is 6.10. The van der Waals surface area contributed by atoms with E-state index in [1.54, 1.807) is 30.1 Å². The summed E-state index contributed by atoms with van der Waals surface area (Å²) < 4.78 is 10.8. The number of amides is 4. The number of methoxy groups -OCH3 is 2. The Morgan fingerprint density at radius 2 is 1.53 bits per heavy atom. The zero-order valence-corrected chi connectivity index (χ0v) is 21.1. The van der Waals surface area contributed by atoms with Crippen molar-refractivity contribution in [1.82, 2.24) is 4.90 Å². The molecule has 8 heteroatoms. The molecule has 3 aromatic carbocycles. The Morgan fingerprint density at radius 3 is 2.19 bits per heavy atom. The summed E-state index contributed by atoms with van der Waals surface area (Å²) in [5.41, 5.74) is 4.95. The molecule has 0 radical (unpaired) electrons. The van der Waals surface area contributed by atoms with Crippen LogP contribution in [0.4, 0.5) is 26.7 Å². The molecule has 4 rings (SSSR count). The van der Waals surface area contributed by atoms with Crippen LogP contribution in [0.2, 0.25) is 0 Å². The van der Waals surface area contributed by atoms with Crippen LogP contribution in [0.3, 0.4) is 0 Å². The molecule has 3 aromatic rings. The molecule has 0 atom stereocenters. The van der Waals surface area contributed by atoms with Crippen LogP contribution in [-0.4, -0.2) is 44.3 Å². The van der Waals surface area contributed by atoms with Crippen LogP contribution in [0.25, 0.3) is 0 Å². The van der Waals surface area contributed by atoms with Crippen LogP contribution in [-0.2, 0) is 6.54 Å². The molecule has 2 N–H and O–H groups in total. The van der Waals surface area contributed by atoms with Gasteiger partial charge in [-0.1, -0.05) is 23.8 Å². The highest BCUT2D eigenvalue weighted by atomic mass is 16.5. The summed E-state index contributed by atoms with van der Waals surface area (Å²) >= 11 is 0. The lowest BCUT2D eigenvalue weighted by atomic mass is 10.1. The molecule has 0 unspecified atom stereocenters. The van der Waals surface area contributed by atoms with Crippen LogP contribution >= 0.6 is 0 Å². The van der Waals surface area contributed by atoms with E-state index in [0.29, 0.717) is 48.2 Å². The van der Waals surface area contributed by atoms with Gasteiger partial charge in [-0.05, 0) is 67.8 Å². The van der Waals surface area contributed by atoms with Gasteiger partial charge >= 0.3 is 12.1 Å². The summed E-state index contributed by atoms with van der Waals surface area (Å²) in [4.78, 5) is 29.8. The molecule has 0 aromatic heterocycles. The summed E-state index contributed by atoms with van der Waals surface area (Å²) in [5, 5.41) is 5.79. The van der Waals surface area contributed by atoms with Crippen LogP contribution < -0.4 is 25.0 Å². The van der Waals surface area contributed by atoms with Gasteiger partial charge in [0.2, 0.25) is 0 Å². The number of anilines is 3. The minimum absolute atomic E-state index is 0.117. The van der Waals surface area contributed by atoms with Gasteiger partial charge < -0.3 is 25.0 Å². The fourth-order valence-corrected chi connectivity index (χ4v) is 4.24. The first-order valence-corrected chi connectivity index (χ1v) is 11.9. The number of hydrogen-bond acceptors (Lipinski definition) is 4. The van der Waals surface area contributed by atoms with Gasteiger partial charge in [-0.2, -0.15) is 0 Å². The average molecular weight is 489 g/mol. The van der Waals surface area contributed by atoms with Crippen LogP contribution in [0.15, 0.2) is 60.7 Å². The summed E-state index contributed by atoms with van der Waals surface area (Å²) in [6.45, 7) is 5.57. The van der Waals surface area contributed by atoms with Crippen LogP contribution in [0.5, 0.6) is 11.5 Å². The lowest BCUT2D eigenvalue weighted by Crippen LogP contribution is -2.49. The molecule has 0 saturated carbocycles. The van der Waals surface area contributed by atoms with Gasteiger partial charge in [0.25, 0.3) is 0 Å². The van der Waals surface area contributed by atoms with Crippen molar-refractivity contribution in [3.8, 4) is 11.5 Å². The second-order valence-electron chi connectivity index (χ2n) is 8.90. The highest BCUT2D eigenvalue weighted by Crippen LogP contribution is 2.31. The number of rotatable bonds is 7. The summed E-state index contributed by atoms with van der Waals surface area (Å²) in [6.07, 6.45) is 0.801. The van der Waals surface area contributed by atoms with E-state index in [-0.39, 0.29) is 12.1 Å². The molecular formula is C28H32N4O4. The molecule has 188 valence electrons. The van der Waals surface area contributed by atoms with E-state index >= 15 is 0 Å². The molecule has 0 spiro atoms. The SMILES string of the molecule is COc1cc(CN2CCCN(c3ccc(C)cc3NC(=O)Nc3ccc(C)cc3)C2=O)cc(OC)c1. The second kappa shape index (κ2) is 11.0. The monoisotopic (exact) mass is 488 g/mol. The van der Waals surface area contributed by atoms with E-state index in [1.807, 2.05) is 68.4 Å². The number of aryl methyl sites for hydroxylation is 2. The van der Waals surface area contributed by atoms with Gasteiger partial charge in [0.05, 0.1) is 25.6 Å².